The third-order valence-electron chi connectivity index (χ3n) is 4.88. The number of carbonyl (C=O) groups excluding carboxylic acids is 1. The molecule has 1 N–H and O–H groups in total. The number of ether oxygens (including phenoxy) is 2. The number of hydrogen-bond donors (Lipinski definition) is 1. The van der Waals surface area contributed by atoms with Crippen molar-refractivity contribution in [3.8, 4) is 11.5 Å². The number of likely N-dealkylation sites (tertiary alicyclic amines) is 1. The van der Waals surface area contributed by atoms with E-state index < -0.39 is 10.8 Å². The molecule has 1 heterocycles. The van der Waals surface area contributed by atoms with Gasteiger partial charge in [0.05, 0.1) is 24.7 Å². The maximum absolute atomic E-state index is 12.8. The summed E-state index contributed by atoms with van der Waals surface area (Å²) in [5.41, 5.74) is 0.883. The fourth-order valence-electron chi connectivity index (χ4n) is 3.51. The standard InChI is InChI=1S/C21H25N3O5/c1-3-29-20-12-18(24(26)27)17(11-19(20)28-2)21(25)22-16-9-10-23(14-16)13-15-7-5-4-6-8-15/h4-8,11-12,16H,3,9-10,13-14H2,1-2H3,(H,22,25)/t16-/m0/s1. The predicted octanol–water partition coefficient (Wildman–Crippen LogP) is 3.01. The molecule has 3 rings (SSSR count). The van der Waals surface area contributed by atoms with Crippen molar-refractivity contribution in [2.24, 2.45) is 0 Å². The Morgan fingerprint density at radius 2 is 2.03 bits per heavy atom. The van der Waals surface area contributed by atoms with E-state index in [0.29, 0.717) is 18.9 Å². The van der Waals surface area contributed by atoms with Gasteiger partial charge in [-0.05, 0) is 18.9 Å². The lowest BCUT2D eigenvalue weighted by molar-refractivity contribution is -0.385. The molecule has 0 aromatic heterocycles. The number of nitro benzene ring substituents is 1. The van der Waals surface area contributed by atoms with Gasteiger partial charge in [-0.25, -0.2) is 0 Å². The Kier molecular flexibility index (Phi) is 6.66. The molecular weight excluding hydrogens is 374 g/mol. The van der Waals surface area contributed by atoms with E-state index in [0.717, 1.165) is 19.5 Å². The summed E-state index contributed by atoms with van der Waals surface area (Å²) in [6, 6.07) is 12.7. The first-order valence-electron chi connectivity index (χ1n) is 9.58. The molecule has 154 valence electrons. The highest BCUT2D eigenvalue weighted by Gasteiger charge is 2.29. The lowest BCUT2D eigenvalue weighted by Gasteiger charge is -2.17. The van der Waals surface area contributed by atoms with Crippen LogP contribution in [0.5, 0.6) is 11.5 Å². The number of methoxy groups -OCH3 is 1. The largest absolute Gasteiger partial charge is 0.493 e. The van der Waals surface area contributed by atoms with E-state index in [2.05, 4.69) is 22.3 Å². The van der Waals surface area contributed by atoms with E-state index in [-0.39, 0.29) is 23.0 Å². The average molecular weight is 399 g/mol. The van der Waals surface area contributed by atoms with E-state index >= 15 is 0 Å². The van der Waals surface area contributed by atoms with Crippen molar-refractivity contribution < 1.29 is 19.2 Å². The number of nitro groups is 1. The zero-order valence-electron chi connectivity index (χ0n) is 16.6. The first-order chi connectivity index (χ1) is 14.0. The number of nitrogens with one attached hydrogen (secondary N) is 1. The van der Waals surface area contributed by atoms with Crippen LogP contribution in [0.3, 0.4) is 0 Å². The number of nitrogens with zero attached hydrogens (tertiary/aromatic N) is 2. The number of benzene rings is 2. The van der Waals surface area contributed by atoms with Crippen molar-refractivity contribution >= 4 is 11.6 Å². The molecule has 29 heavy (non-hydrogen) atoms. The Hall–Kier alpha value is -3.13. The number of carbonyl (C=O) groups is 1. The summed E-state index contributed by atoms with van der Waals surface area (Å²) in [6.45, 7) is 4.47. The normalized spacial score (nSPS) is 16.4. The van der Waals surface area contributed by atoms with E-state index in [1.807, 2.05) is 18.2 Å². The van der Waals surface area contributed by atoms with Gasteiger partial charge in [-0.2, -0.15) is 0 Å². The predicted molar refractivity (Wildman–Crippen MR) is 108 cm³/mol. The Morgan fingerprint density at radius 3 is 2.69 bits per heavy atom. The first kappa shape index (κ1) is 20.6. The van der Waals surface area contributed by atoms with Gasteiger partial charge in [-0.3, -0.25) is 19.8 Å². The van der Waals surface area contributed by atoms with Crippen molar-refractivity contribution in [2.75, 3.05) is 26.8 Å². The monoisotopic (exact) mass is 399 g/mol. The molecule has 0 saturated carbocycles. The molecule has 2 aromatic rings. The summed E-state index contributed by atoms with van der Waals surface area (Å²) < 4.78 is 10.6. The highest BCUT2D eigenvalue weighted by molar-refractivity contribution is 5.99. The summed E-state index contributed by atoms with van der Waals surface area (Å²) in [5, 5.41) is 14.4. The zero-order chi connectivity index (χ0) is 20.8. The maximum Gasteiger partial charge on any atom is 0.286 e. The molecule has 1 atom stereocenters. The van der Waals surface area contributed by atoms with E-state index in [9.17, 15) is 14.9 Å². The fourth-order valence-corrected chi connectivity index (χ4v) is 3.51. The van der Waals surface area contributed by atoms with Crippen LogP contribution in [-0.4, -0.2) is 48.6 Å². The van der Waals surface area contributed by atoms with Crippen molar-refractivity contribution in [1.82, 2.24) is 10.2 Å². The van der Waals surface area contributed by atoms with Gasteiger partial charge in [-0.1, -0.05) is 30.3 Å². The molecule has 0 radical (unpaired) electrons. The molecule has 1 aliphatic rings. The molecule has 0 unspecified atom stereocenters. The Balaban J connectivity index is 1.71. The lowest BCUT2D eigenvalue weighted by Crippen LogP contribution is -2.37. The van der Waals surface area contributed by atoms with Gasteiger partial charge < -0.3 is 14.8 Å². The highest BCUT2D eigenvalue weighted by atomic mass is 16.6. The second-order valence-corrected chi connectivity index (χ2v) is 6.89. The zero-order valence-corrected chi connectivity index (χ0v) is 16.6. The minimum Gasteiger partial charge on any atom is -0.493 e. The second kappa shape index (κ2) is 9.38. The molecule has 1 fully saturated rings. The van der Waals surface area contributed by atoms with Crippen LogP contribution < -0.4 is 14.8 Å². The molecule has 1 amide bonds. The van der Waals surface area contributed by atoms with E-state index in [1.54, 1.807) is 6.92 Å². The molecule has 1 aliphatic heterocycles. The topological polar surface area (TPSA) is 93.9 Å². The van der Waals surface area contributed by atoms with E-state index in [1.165, 1.54) is 24.8 Å². The average Bonchev–Trinajstić information content (AvgIpc) is 3.15. The van der Waals surface area contributed by atoms with Gasteiger partial charge in [0, 0.05) is 31.7 Å². The van der Waals surface area contributed by atoms with Crippen molar-refractivity contribution in [3.05, 3.63) is 63.7 Å². The van der Waals surface area contributed by atoms with Crippen LogP contribution in [0.25, 0.3) is 0 Å². The van der Waals surface area contributed by atoms with Gasteiger partial charge >= 0.3 is 0 Å². The molecular formula is C21H25N3O5. The van der Waals surface area contributed by atoms with Crippen LogP contribution in [0.2, 0.25) is 0 Å². The quantitative estimate of drug-likeness (QED) is 0.542. The molecule has 0 spiro atoms. The summed E-state index contributed by atoms with van der Waals surface area (Å²) >= 11 is 0. The molecule has 0 bridgehead atoms. The molecule has 1 saturated heterocycles. The lowest BCUT2D eigenvalue weighted by atomic mass is 10.1. The van der Waals surface area contributed by atoms with Crippen molar-refractivity contribution in [1.29, 1.82) is 0 Å². The fraction of sp³-hybridized carbons (Fsp3) is 0.381. The molecule has 8 heteroatoms. The highest BCUT2D eigenvalue weighted by Crippen LogP contribution is 2.35. The molecule has 0 aliphatic carbocycles. The van der Waals surface area contributed by atoms with Crippen LogP contribution in [0.15, 0.2) is 42.5 Å². The Bertz CT molecular complexity index is 872. The van der Waals surface area contributed by atoms with Gasteiger partial charge in [0.1, 0.15) is 5.56 Å². The third-order valence-corrected chi connectivity index (χ3v) is 4.88. The molecule has 8 nitrogen and oxygen atoms in total. The van der Waals surface area contributed by atoms with Crippen LogP contribution in [0.1, 0.15) is 29.3 Å². The minimum atomic E-state index is -0.576. The summed E-state index contributed by atoms with van der Waals surface area (Å²) in [6.07, 6.45) is 0.792. The first-order valence-corrected chi connectivity index (χ1v) is 9.58. The van der Waals surface area contributed by atoms with Crippen LogP contribution >= 0.6 is 0 Å². The number of hydrogen-bond acceptors (Lipinski definition) is 6. The smallest absolute Gasteiger partial charge is 0.286 e. The van der Waals surface area contributed by atoms with Gasteiger partial charge in [-0.15, -0.1) is 0 Å². The van der Waals surface area contributed by atoms with Crippen LogP contribution in [-0.2, 0) is 6.54 Å². The van der Waals surface area contributed by atoms with Crippen LogP contribution in [0, 0.1) is 10.1 Å². The van der Waals surface area contributed by atoms with Crippen molar-refractivity contribution in [3.63, 3.8) is 0 Å². The Morgan fingerprint density at radius 1 is 1.28 bits per heavy atom. The van der Waals surface area contributed by atoms with Crippen LogP contribution in [0.4, 0.5) is 5.69 Å². The SMILES string of the molecule is CCOc1cc([N+](=O)[O-])c(C(=O)N[C@H]2CCN(Cc3ccccc3)C2)cc1OC. The second-order valence-electron chi connectivity index (χ2n) is 6.89. The number of amides is 1. The molecule has 2 aromatic carbocycles. The summed E-state index contributed by atoms with van der Waals surface area (Å²) in [7, 11) is 1.43. The van der Waals surface area contributed by atoms with Gasteiger partial charge in [0.15, 0.2) is 11.5 Å². The van der Waals surface area contributed by atoms with E-state index in [4.69, 9.17) is 9.47 Å². The minimum absolute atomic E-state index is 0.0307. The number of rotatable bonds is 8. The van der Waals surface area contributed by atoms with Gasteiger partial charge in [0.25, 0.3) is 11.6 Å². The summed E-state index contributed by atoms with van der Waals surface area (Å²) in [4.78, 5) is 26.0. The van der Waals surface area contributed by atoms with Gasteiger partial charge in [0.2, 0.25) is 0 Å². The summed E-state index contributed by atoms with van der Waals surface area (Å²) in [5.74, 6) is 0.0532. The Labute approximate surface area is 169 Å². The van der Waals surface area contributed by atoms with Crippen molar-refractivity contribution in [2.45, 2.75) is 25.9 Å². The third kappa shape index (κ3) is 5.03. The maximum atomic E-state index is 12.8.